The van der Waals surface area contributed by atoms with E-state index in [1.54, 1.807) is 0 Å². The van der Waals surface area contributed by atoms with E-state index in [0.717, 1.165) is 19.5 Å². The Bertz CT molecular complexity index is 351. The molecule has 1 heterocycles. The highest BCUT2D eigenvalue weighted by Crippen LogP contribution is 2.18. The van der Waals surface area contributed by atoms with E-state index in [2.05, 4.69) is 40.8 Å². The first-order chi connectivity index (χ1) is 6.81. The van der Waals surface area contributed by atoms with Crippen LogP contribution >= 0.6 is 22.6 Å². The minimum Gasteiger partial charge on any atom is -0.337 e. The quantitative estimate of drug-likeness (QED) is 0.574. The summed E-state index contributed by atoms with van der Waals surface area (Å²) in [5.41, 5.74) is 2.70. The topological polar surface area (TPSA) is 20.3 Å². The Kier molecular flexibility index (Phi) is 3.05. The summed E-state index contributed by atoms with van der Waals surface area (Å²) in [6.07, 6.45) is 0.999. The molecule has 1 aromatic carbocycles. The molecular weight excluding hydrogens is 289 g/mol. The molecule has 0 fully saturated rings. The molecule has 3 heteroatoms. The molecule has 1 aliphatic rings. The number of hydrogen-bond donors (Lipinski definition) is 0. The van der Waals surface area contributed by atoms with E-state index >= 15 is 0 Å². The van der Waals surface area contributed by atoms with Gasteiger partial charge < -0.3 is 4.90 Å². The number of rotatable bonds is 1. The summed E-state index contributed by atoms with van der Waals surface area (Å²) < 4.78 is 0.583. The lowest BCUT2D eigenvalue weighted by molar-refractivity contribution is -0.128. The van der Waals surface area contributed by atoms with Crippen molar-refractivity contribution in [3.8, 4) is 0 Å². The zero-order valence-corrected chi connectivity index (χ0v) is 10.0. The number of carbonyl (C=O) groups excluding carboxylic acids is 1. The lowest BCUT2D eigenvalue weighted by Gasteiger charge is -2.28. The summed E-state index contributed by atoms with van der Waals surface area (Å²) in [4.78, 5) is 13.4. The third kappa shape index (κ3) is 1.92. The van der Waals surface area contributed by atoms with Gasteiger partial charge >= 0.3 is 0 Å². The molecule has 0 aliphatic carbocycles. The second-order valence-electron chi connectivity index (χ2n) is 3.47. The summed E-state index contributed by atoms with van der Waals surface area (Å²) >= 11 is 2.12. The van der Waals surface area contributed by atoms with Crippen molar-refractivity contribution >= 4 is 28.5 Å². The molecule has 0 spiro atoms. The largest absolute Gasteiger partial charge is 0.337 e. The van der Waals surface area contributed by atoms with Crippen LogP contribution in [0.5, 0.6) is 0 Å². The van der Waals surface area contributed by atoms with Gasteiger partial charge in [-0.3, -0.25) is 4.79 Å². The summed E-state index contributed by atoms with van der Waals surface area (Å²) in [6.45, 7) is 1.66. The van der Waals surface area contributed by atoms with Gasteiger partial charge in [-0.15, -0.1) is 0 Å². The number of hydrogen-bond acceptors (Lipinski definition) is 1. The Morgan fingerprint density at radius 3 is 2.79 bits per heavy atom. The lowest BCUT2D eigenvalue weighted by atomic mass is 10.00. The Morgan fingerprint density at radius 1 is 1.36 bits per heavy atom. The van der Waals surface area contributed by atoms with Gasteiger partial charge in [0, 0.05) is 13.1 Å². The van der Waals surface area contributed by atoms with Gasteiger partial charge in [0.2, 0.25) is 5.91 Å². The molecule has 1 amide bonds. The van der Waals surface area contributed by atoms with Crippen LogP contribution in [0.4, 0.5) is 0 Å². The van der Waals surface area contributed by atoms with E-state index in [0.29, 0.717) is 4.43 Å². The first kappa shape index (κ1) is 9.96. The average Bonchev–Trinajstić information content (AvgIpc) is 2.27. The maximum Gasteiger partial charge on any atom is 0.232 e. The van der Waals surface area contributed by atoms with E-state index in [1.165, 1.54) is 11.1 Å². The first-order valence-electron chi connectivity index (χ1n) is 4.72. The van der Waals surface area contributed by atoms with E-state index in [9.17, 15) is 4.79 Å². The zero-order valence-electron chi connectivity index (χ0n) is 7.87. The lowest BCUT2D eigenvalue weighted by Crippen LogP contribution is -2.36. The van der Waals surface area contributed by atoms with Gasteiger partial charge in [-0.2, -0.15) is 0 Å². The number of nitrogens with zero attached hydrogens (tertiary/aromatic N) is 1. The number of fused-ring (bicyclic) bond motifs is 1. The van der Waals surface area contributed by atoms with Crippen molar-refractivity contribution in [3.63, 3.8) is 0 Å². The van der Waals surface area contributed by atoms with Crippen molar-refractivity contribution < 1.29 is 4.79 Å². The van der Waals surface area contributed by atoms with Gasteiger partial charge in [-0.25, -0.2) is 0 Å². The van der Waals surface area contributed by atoms with E-state index in [-0.39, 0.29) is 5.91 Å². The molecule has 2 rings (SSSR count). The zero-order chi connectivity index (χ0) is 9.97. The van der Waals surface area contributed by atoms with Crippen molar-refractivity contribution in [2.45, 2.75) is 13.0 Å². The van der Waals surface area contributed by atoms with Crippen LogP contribution in [-0.4, -0.2) is 21.8 Å². The summed E-state index contributed by atoms with van der Waals surface area (Å²) in [6, 6.07) is 8.37. The fraction of sp³-hybridized carbons (Fsp3) is 0.364. The standard InChI is InChI=1S/C11H12INO/c12-7-11(14)13-6-5-9-3-1-2-4-10(9)8-13/h1-4H,5-8H2. The normalized spacial score (nSPS) is 15.1. The van der Waals surface area contributed by atoms with E-state index < -0.39 is 0 Å². The number of benzene rings is 1. The minimum atomic E-state index is 0.250. The Morgan fingerprint density at radius 2 is 2.07 bits per heavy atom. The predicted molar refractivity (Wildman–Crippen MR) is 64.5 cm³/mol. The molecule has 14 heavy (non-hydrogen) atoms. The van der Waals surface area contributed by atoms with Crippen molar-refractivity contribution in [1.29, 1.82) is 0 Å². The predicted octanol–water partition coefficient (Wildman–Crippen LogP) is 2.01. The number of carbonyl (C=O) groups is 1. The Labute approximate surface area is 97.4 Å². The highest BCUT2D eigenvalue weighted by molar-refractivity contribution is 14.1. The summed E-state index contributed by atoms with van der Waals surface area (Å²) in [5, 5.41) is 0. The molecule has 0 atom stereocenters. The van der Waals surface area contributed by atoms with Gasteiger partial charge in [0.05, 0.1) is 4.43 Å². The van der Waals surface area contributed by atoms with Gasteiger partial charge in [0.15, 0.2) is 0 Å². The second-order valence-corrected chi connectivity index (χ2v) is 4.23. The highest BCUT2D eigenvalue weighted by atomic mass is 127. The monoisotopic (exact) mass is 301 g/mol. The first-order valence-corrected chi connectivity index (χ1v) is 6.24. The fourth-order valence-electron chi connectivity index (χ4n) is 1.79. The minimum absolute atomic E-state index is 0.250. The van der Waals surface area contributed by atoms with Crippen LogP contribution in [0.3, 0.4) is 0 Å². The number of alkyl halides is 1. The molecule has 0 unspecified atom stereocenters. The molecule has 74 valence electrons. The number of halogens is 1. The van der Waals surface area contributed by atoms with E-state index in [4.69, 9.17) is 0 Å². The molecule has 0 saturated heterocycles. The van der Waals surface area contributed by atoms with E-state index in [1.807, 2.05) is 11.0 Å². The molecule has 0 aromatic heterocycles. The van der Waals surface area contributed by atoms with Gasteiger partial charge in [-0.05, 0) is 17.5 Å². The maximum absolute atomic E-state index is 11.5. The smallest absolute Gasteiger partial charge is 0.232 e. The highest BCUT2D eigenvalue weighted by Gasteiger charge is 2.18. The van der Waals surface area contributed by atoms with Crippen molar-refractivity contribution in [3.05, 3.63) is 35.4 Å². The van der Waals surface area contributed by atoms with Crippen molar-refractivity contribution in [2.24, 2.45) is 0 Å². The van der Waals surface area contributed by atoms with Crippen LogP contribution in [0, 0.1) is 0 Å². The maximum atomic E-state index is 11.5. The third-order valence-electron chi connectivity index (χ3n) is 2.60. The molecule has 0 radical (unpaired) electrons. The molecular formula is C11H12INO. The third-order valence-corrected chi connectivity index (χ3v) is 3.25. The van der Waals surface area contributed by atoms with Crippen LogP contribution in [0.1, 0.15) is 11.1 Å². The second kappa shape index (κ2) is 4.29. The number of amides is 1. The van der Waals surface area contributed by atoms with Gasteiger partial charge in [0.1, 0.15) is 0 Å². The Balaban J connectivity index is 2.17. The van der Waals surface area contributed by atoms with Crippen LogP contribution < -0.4 is 0 Å². The van der Waals surface area contributed by atoms with Crippen LogP contribution in [-0.2, 0) is 17.8 Å². The van der Waals surface area contributed by atoms with Crippen LogP contribution in [0.2, 0.25) is 0 Å². The summed E-state index contributed by atoms with van der Waals surface area (Å²) in [5.74, 6) is 0.250. The fourth-order valence-corrected chi connectivity index (χ4v) is 2.28. The molecule has 1 aromatic rings. The van der Waals surface area contributed by atoms with Crippen LogP contribution in [0.15, 0.2) is 24.3 Å². The van der Waals surface area contributed by atoms with Gasteiger partial charge in [-0.1, -0.05) is 46.9 Å². The summed E-state index contributed by atoms with van der Waals surface area (Å²) in [7, 11) is 0. The molecule has 1 aliphatic heterocycles. The molecule has 0 bridgehead atoms. The molecule has 0 saturated carbocycles. The SMILES string of the molecule is O=C(CI)N1CCc2ccccc2C1. The average molecular weight is 301 g/mol. The van der Waals surface area contributed by atoms with Crippen molar-refractivity contribution in [1.82, 2.24) is 4.90 Å². The Hall–Kier alpha value is -0.580. The molecule has 2 nitrogen and oxygen atoms in total. The van der Waals surface area contributed by atoms with Gasteiger partial charge in [0.25, 0.3) is 0 Å². The van der Waals surface area contributed by atoms with Crippen LogP contribution in [0.25, 0.3) is 0 Å². The molecule has 0 N–H and O–H groups in total. The van der Waals surface area contributed by atoms with Crippen molar-refractivity contribution in [2.75, 3.05) is 11.0 Å².